The van der Waals surface area contributed by atoms with Crippen molar-refractivity contribution < 1.29 is 31.6 Å². The van der Waals surface area contributed by atoms with Gasteiger partial charge in [-0.25, -0.2) is 13.8 Å². The molecule has 10 heteroatoms. The second-order valence-electron chi connectivity index (χ2n) is 6.45. The Labute approximate surface area is 161 Å². The van der Waals surface area contributed by atoms with Crippen LogP contribution in [0.1, 0.15) is 34.5 Å². The van der Waals surface area contributed by atoms with Crippen LogP contribution in [-0.4, -0.2) is 29.6 Å². The number of alkyl halides is 3. The van der Waals surface area contributed by atoms with Crippen molar-refractivity contribution in [1.82, 2.24) is 10.0 Å². The summed E-state index contributed by atoms with van der Waals surface area (Å²) in [5.41, 5.74) is -2.46. The molecule has 0 N–H and O–H groups in total. The standard InChI is InChI=1S/C18H14ClF5N2O2/c1-28-26(16(27)14-12(20)3-2-4-13(14)21)9-17(5-6-17)15-11(19)7-10(8-25-15)18(22,23)24/h2-4,7-8H,5-6,9H2,1H3. The molecule has 0 saturated heterocycles. The molecule has 1 aromatic heterocycles. The summed E-state index contributed by atoms with van der Waals surface area (Å²) >= 11 is 6.01. The van der Waals surface area contributed by atoms with Crippen molar-refractivity contribution in [2.24, 2.45) is 0 Å². The first-order valence-electron chi connectivity index (χ1n) is 8.12. The van der Waals surface area contributed by atoms with Crippen molar-refractivity contribution in [3.05, 3.63) is 63.9 Å². The monoisotopic (exact) mass is 420 g/mol. The van der Waals surface area contributed by atoms with Gasteiger partial charge in [0, 0.05) is 11.6 Å². The van der Waals surface area contributed by atoms with Crippen LogP contribution >= 0.6 is 11.6 Å². The fraction of sp³-hybridized carbons (Fsp3) is 0.333. The number of hydrogen-bond acceptors (Lipinski definition) is 3. The zero-order valence-corrected chi connectivity index (χ0v) is 15.2. The normalized spacial score (nSPS) is 15.4. The molecule has 0 aliphatic heterocycles. The van der Waals surface area contributed by atoms with E-state index < -0.39 is 40.3 Å². The van der Waals surface area contributed by atoms with Gasteiger partial charge < -0.3 is 0 Å². The summed E-state index contributed by atoms with van der Waals surface area (Å²) < 4.78 is 66.2. The molecule has 0 unspecified atom stereocenters. The molecule has 1 saturated carbocycles. The van der Waals surface area contributed by atoms with Crippen LogP contribution in [-0.2, 0) is 16.4 Å². The van der Waals surface area contributed by atoms with Gasteiger partial charge in [0.05, 0.1) is 29.9 Å². The van der Waals surface area contributed by atoms with E-state index in [0.29, 0.717) is 19.0 Å². The Morgan fingerprint density at radius 1 is 1.29 bits per heavy atom. The topological polar surface area (TPSA) is 42.4 Å². The molecule has 0 spiro atoms. The van der Waals surface area contributed by atoms with Gasteiger partial charge in [-0.1, -0.05) is 17.7 Å². The van der Waals surface area contributed by atoms with E-state index >= 15 is 0 Å². The summed E-state index contributed by atoms with van der Waals surface area (Å²) in [6.45, 7) is -0.172. The van der Waals surface area contributed by atoms with Crippen molar-refractivity contribution in [1.29, 1.82) is 0 Å². The highest BCUT2D eigenvalue weighted by atomic mass is 35.5. The third-order valence-corrected chi connectivity index (χ3v) is 4.88. The van der Waals surface area contributed by atoms with Crippen molar-refractivity contribution in [3.63, 3.8) is 0 Å². The summed E-state index contributed by atoms with van der Waals surface area (Å²) in [4.78, 5) is 21.4. The van der Waals surface area contributed by atoms with Crippen LogP contribution in [0.15, 0.2) is 30.5 Å². The zero-order chi connectivity index (χ0) is 20.7. The largest absolute Gasteiger partial charge is 0.417 e. The summed E-state index contributed by atoms with van der Waals surface area (Å²) in [5, 5.41) is 0.553. The van der Waals surface area contributed by atoms with Crippen LogP contribution in [0.4, 0.5) is 22.0 Å². The van der Waals surface area contributed by atoms with E-state index in [1.54, 1.807) is 0 Å². The van der Waals surface area contributed by atoms with Gasteiger partial charge >= 0.3 is 6.18 Å². The van der Waals surface area contributed by atoms with E-state index in [9.17, 15) is 26.7 Å². The fourth-order valence-corrected chi connectivity index (χ4v) is 3.29. The Morgan fingerprint density at radius 3 is 2.36 bits per heavy atom. The Bertz CT molecular complexity index is 895. The molecule has 1 aliphatic rings. The van der Waals surface area contributed by atoms with Gasteiger partial charge in [-0.3, -0.25) is 14.6 Å². The number of benzene rings is 1. The van der Waals surface area contributed by atoms with Crippen molar-refractivity contribution in [2.75, 3.05) is 13.7 Å². The predicted molar refractivity (Wildman–Crippen MR) is 89.6 cm³/mol. The Balaban J connectivity index is 1.88. The van der Waals surface area contributed by atoms with E-state index in [2.05, 4.69) is 4.98 Å². The number of carbonyl (C=O) groups is 1. The third kappa shape index (κ3) is 3.81. The average molecular weight is 421 g/mol. The van der Waals surface area contributed by atoms with Crippen molar-refractivity contribution in [3.8, 4) is 0 Å². The summed E-state index contributed by atoms with van der Waals surface area (Å²) in [5.74, 6) is -3.16. The number of nitrogens with zero attached hydrogens (tertiary/aromatic N) is 2. The highest BCUT2D eigenvalue weighted by molar-refractivity contribution is 6.31. The fourth-order valence-electron chi connectivity index (χ4n) is 2.92. The van der Waals surface area contributed by atoms with E-state index in [-0.39, 0.29) is 17.3 Å². The van der Waals surface area contributed by atoms with Crippen molar-refractivity contribution >= 4 is 17.5 Å². The van der Waals surface area contributed by atoms with Gasteiger partial charge in [0.1, 0.15) is 17.2 Å². The minimum absolute atomic E-state index is 0.172. The van der Waals surface area contributed by atoms with Crippen LogP contribution in [0.25, 0.3) is 0 Å². The molecule has 2 aromatic rings. The predicted octanol–water partition coefficient (Wildman–Crippen LogP) is 4.77. The Morgan fingerprint density at radius 2 is 1.89 bits per heavy atom. The van der Waals surface area contributed by atoms with Crippen LogP contribution in [0.5, 0.6) is 0 Å². The SMILES string of the molecule is CON(CC1(c2ncc(C(F)(F)F)cc2Cl)CC1)C(=O)c1c(F)cccc1F. The first-order valence-corrected chi connectivity index (χ1v) is 8.50. The molecule has 1 fully saturated rings. The Hall–Kier alpha value is -2.26. The first-order chi connectivity index (χ1) is 13.1. The number of pyridine rings is 1. The second kappa shape index (κ2) is 7.29. The first kappa shape index (κ1) is 20.5. The van der Waals surface area contributed by atoms with Gasteiger partial charge in [0.15, 0.2) is 0 Å². The minimum Gasteiger partial charge on any atom is -0.274 e. The van der Waals surface area contributed by atoms with Crippen molar-refractivity contribution in [2.45, 2.75) is 24.4 Å². The molecule has 1 amide bonds. The van der Waals surface area contributed by atoms with Crippen LogP contribution in [0, 0.1) is 11.6 Å². The lowest BCUT2D eigenvalue weighted by atomic mass is 10.00. The minimum atomic E-state index is -4.59. The lowest BCUT2D eigenvalue weighted by Crippen LogP contribution is -2.38. The number of hydrogen-bond donors (Lipinski definition) is 0. The third-order valence-electron chi connectivity index (χ3n) is 4.59. The van der Waals surface area contributed by atoms with E-state index in [0.717, 1.165) is 36.4 Å². The number of hydroxylamine groups is 2. The smallest absolute Gasteiger partial charge is 0.274 e. The van der Waals surface area contributed by atoms with Crippen LogP contribution < -0.4 is 0 Å². The number of aromatic nitrogens is 1. The maximum Gasteiger partial charge on any atom is 0.417 e. The molecular weight excluding hydrogens is 407 g/mol. The molecular formula is C18H14ClF5N2O2. The van der Waals surface area contributed by atoms with Gasteiger partial charge in [-0.05, 0) is 31.0 Å². The van der Waals surface area contributed by atoms with Gasteiger partial charge in [0.25, 0.3) is 5.91 Å². The lowest BCUT2D eigenvalue weighted by molar-refractivity contribution is -0.137. The maximum absolute atomic E-state index is 13.9. The van der Waals surface area contributed by atoms with Gasteiger partial charge in [-0.2, -0.15) is 13.2 Å². The molecule has 1 aromatic carbocycles. The molecule has 0 atom stereocenters. The molecule has 1 aliphatic carbocycles. The number of rotatable bonds is 5. The average Bonchev–Trinajstić information content (AvgIpc) is 3.39. The molecule has 28 heavy (non-hydrogen) atoms. The van der Waals surface area contributed by atoms with Crippen LogP contribution in [0.3, 0.4) is 0 Å². The molecule has 0 radical (unpaired) electrons. The molecule has 4 nitrogen and oxygen atoms in total. The summed E-state index contributed by atoms with van der Waals surface area (Å²) in [6.07, 6.45) is -2.99. The molecule has 3 rings (SSSR count). The second-order valence-corrected chi connectivity index (χ2v) is 6.86. The molecule has 1 heterocycles. The highest BCUT2D eigenvalue weighted by Crippen LogP contribution is 2.50. The number of halogens is 6. The van der Waals surface area contributed by atoms with E-state index in [1.165, 1.54) is 0 Å². The number of amides is 1. The van der Waals surface area contributed by atoms with Crippen LogP contribution in [0.2, 0.25) is 5.02 Å². The Kier molecular flexibility index (Phi) is 5.33. The van der Waals surface area contributed by atoms with Gasteiger partial charge in [-0.15, -0.1) is 0 Å². The lowest BCUT2D eigenvalue weighted by Gasteiger charge is -2.26. The summed E-state index contributed by atoms with van der Waals surface area (Å²) in [6, 6.07) is 3.75. The maximum atomic E-state index is 13.9. The van der Waals surface area contributed by atoms with E-state index in [4.69, 9.17) is 16.4 Å². The van der Waals surface area contributed by atoms with Gasteiger partial charge in [0.2, 0.25) is 0 Å². The number of carbonyl (C=O) groups excluding carboxylic acids is 1. The zero-order valence-electron chi connectivity index (χ0n) is 14.5. The van der Waals surface area contributed by atoms with E-state index in [1.807, 2.05) is 0 Å². The quantitative estimate of drug-likeness (QED) is 0.517. The highest BCUT2D eigenvalue weighted by Gasteiger charge is 2.50. The molecule has 0 bridgehead atoms. The molecule has 150 valence electrons. The summed E-state index contributed by atoms with van der Waals surface area (Å²) in [7, 11) is 1.15.